The Balaban J connectivity index is 5.26. The minimum atomic E-state index is -4.96. The quantitative estimate of drug-likeness (QED) is 0.0222. The maximum atomic E-state index is 13.1. The molecular weight excluding hydrogens is 1310 g/mol. The first kappa shape index (κ1) is 98.1. The number of phosphoric acid groups is 2. The highest BCUT2D eigenvalue weighted by atomic mass is 31.2. The van der Waals surface area contributed by atoms with E-state index in [2.05, 4.69) is 48.5 Å². The van der Waals surface area contributed by atoms with Crippen LogP contribution in [0.2, 0.25) is 0 Å². The minimum absolute atomic E-state index is 0.107. The van der Waals surface area contributed by atoms with Crippen LogP contribution in [-0.2, 0) is 65.4 Å². The van der Waals surface area contributed by atoms with Gasteiger partial charge in [0, 0.05) is 25.7 Å². The number of carbonyl (C=O) groups is 4. The molecule has 0 bridgehead atoms. The van der Waals surface area contributed by atoms with Gasteiger partial charge in [0.05, 0.1) is 26.4 Å². The van der Waals surface area contributed by atoms with Crippen LogP contribution < -0.4 is 0 Å². The van der Waals surface area contributed by atoms with Gasteiger partial charge in [-0.15, -0.1) is 0 Å². The number of esters is 4. The Morgan fingerprint density at radius 3 is 0.680 bits per heavy atom. The molecule has 2 unspecified atom stereocenters. The van der Waals surface area contributed by atoms with Crippen molar-refractivity contribution in [1.29, 1.82) is 0 Å². The molecule has 594 valence electrons. The van der Waals surface area contributed by atoms with Gasteiger partial charge in [0.1, 0.15) is 19.3 Å². The summed E-state index contributed by atoms with van der Waals surface area (Å²) in [5.41, 5.74) is 0. The molecule has 3 N–H and O–H groups in total. The van der Waals surface area contributed by atoms with Crippen LogP contribution in [0.5, 0.6) is 0 Å². The molecule has 0 radical (unpaired) electrons. The monoisotopic (exact) mass is 1470 g/mol. The summed E-state index contributed by atoms with van der Waals surface area (Å²) in [7, 11) is -9.92. The van der Waals surface area contributed by atoms with Gasteiger partial charge >= 0.3 is 39.5 Å². The number of carbonyl (C=O) groups excluding carboxylic acids is 4. The van der Waals surface area contributed by atoms with Gasteiger partial charge in [-0.25, -0.2) is 9.13 Å². The zero-order valence-electron chi connectivity index (χ0n) is 65.7. The Morgan fingerprint density at radius 1 is 0.270 bits per heavy atom. The van der Waals surface area contributed by atoms with Crippen molar-refractivity contribution < 1.29 is 80.2 Å². The summed E-state index contributed by atoms with van der Waals surface area (Å²) < 4.78 is 68.7. The molecule has 0 aliphatic rings. The minimum Gasteiger partial charge on any atom is -0.462 e. The molecule has 19 heteroatoms. The summed E-state index contributed by atoms with van der Waals surface area (Å²) in [4.78, 5) is 73.1. The van der Waals surface area contributed by atoms with E-state index in [1.54, 1.807) is 0 Å². The van der Waals surface area contributed by atoms with Crippen LogP contribution in [0.15, 0.2) is 0 Å². The number of hydrogen-bond donors (Lipinski definition) is 3. The second kappa shape index (κ2) is 71.3. The van der Waals surface area contributed by atoms with Crippen LogP contribution in [0, 0.1) is 17.8 Å². The molecule has 0 aliphatic heterocycles. The van der Waals surface area contributed by atoms with Crippen LogP contribution in [0.1, 0.15) is 421 Å². The average Bonchev–Trinajstić information content (AvgIpc) is 0.932. The van der Waals surface area contributed by atoms with Crippen molar-refractivity contribution in [3.63, 3.8) is 0 Å². The lowest BCUT2D eigenvalue weighted by atomic mass is 10.0. The van der Waals surface area contributed by atoms with Crippen molar-refractivity contribution in [3.05, 3.63) is 0 Å². The first-order chi connectivity index (χ1) is 48.2. The maximum absolute atomic E-state index is 13.1. The van der Waals surface area contributed by atoms with Gasteiger partial charge in [0.15, 0.2) is 12.2 Å². The molecule has 0 aromatic rings. The lowest BCUT2D eigenvalue weighted by Crippen LogP contribution is -2.30. The van der Waals surface area contributed by atoms with Gasteiger partial charge in [0.2, 0.25) is 0 Å². The first-order valence-electron chi connectivity index (χ1n) is 41.8. The van der Waals surface area contributed by atoms with Crippen molar-refractivity contribution in [2.45, 2.75) is 439 Å². The van der Waals surface area contributed by atoms with E-state index in [0.717, 1.165) is 108 Å². The van der Waals surface area contributed by atoms with Crippen molar-refractivity contribution in [3.8, 4) is 0 Å². The van der Waals surface area contributed by atoms with E-state index in [0.29, 0.717) is 25.7 Å². The SMILES string of the molecule is CCCCCCCCCCCCCCCCC(=O)O[C@H](COC(=O)CCCCCCCCCCCC(C)C)COP(=O)(O)OC[C@H](O)COP(=O)(O)OC[C@@H](COC(=O)CCCCCCCCCCCCCCC(C)C)OC(=O)CCCCCCCCCCCCCCCCCCC(C)C. The molecular formula is C81H158O17P2. The summed E-state index contributed by atoms with van der Waals surface area (Å²) in [6.07, 6.45) is 59.6. The first-order valence-corrected chi connectivity index (χ1v) is 44.8. The molecule has 0 aromatic heterocycles. The van der Waals surface area contributed by atoms with Crippen molar-refractivity contribution >= 4 is 39.5 Å². The predicted molar refractivity (Wildman–Crippen MR) is 409 cm³/mol. The smallest absolute Gasteiger partial charge is 0.462 e. The summed E-state index contributed by atoms with van der Waals surface area (Å²) in [5.74, 6) is 0.226. The second-order valence-corrected chi connectivity index (χ2v) is 33.5. The molecule has 0 amide bonds. The third-order valence-electron chi connectivity index (χ3n) is 18.9. The number of phosphoric ester groups is 2. The highest BCUT2D eigenvalue weighted by Gasteiger charge is 2.30. The Morgan fingerprint density at radius 2 is 0.460 bits per heavy atom. The van der Waals surface area contributed by atoms with Crippen molar-refractivity contribution in [1.82, 2.24) is 0 Å². The summed E-state index contributed by atoms with van der Waals surface area (Å²) in [6.45, 7) is 12.0. The number of ether oxygens (including phenoxy) is 4. The maximum Gasteiger partial charge on any atom is 0.472 e. The molecule has 0 saturated heterocycles. The largest absolute Gasteiger partial charge is 0.472 e. The third-order valence-corrected chi connectivity index (χ3v) is 20.8. The summed E-state index contributed by atoms with van der Waals surface area (Å²) in [6, 6.07) is 0. The van der Waals surface area contributed by atoms with Gasteiger partial charge in [-0.3, -0.25) is 37.3 Å². The highest BCUT2D eigenvalue weighted by molar-refractivity contribution is 7.47. The van der Waals surface area contributed by atoms with Gasteiger partial charge < -0.3 is 33.8 Å². The lowest BCUT2D eigenvalue weighted by molar-refractivity contribution is -0.161. The van der Waals surface area contributed by atoms with Gasteiger partial charge in [0.25, 0.3) is 0 Å². The number of aliphatic hydroxyl groups excluding tert-OH is 1. The van der Waals surface area contributed by atoms with E-state index in [9.17, 15) is 43.2 Å². The highest BCUT2D eigenvalue weighted by Crippen LogP contribution is 2.45. The van der Waals surface area contributed by atoms with Crippen LogP contribution in [0.3, 0.4) is 0 Å². The number of aliphatic hydroxyl groups is 1. The number of rotatable bonds is 79. The van der Waals surface area contributed by atoms with E-state index in [4.69, 9.17) is 37.0 Å². The van der Waals surface area contributed by atoms with Crippen molar-refractivity contribution in [2.75, 3.05) is 39.6 Å². The molecule has 0 spiro atoms. The molecule has 17 nitrogen and oxygen atoms in total. The van der Waals surface area contributed by atoms with E-state index in [-0.39, 0.29) is 25.7 Å². The zero-order chi connectivity index (χ0) is 73.7. The fraction of sp³-hybridized carbons (Fsp3) is 0.951. The third kappa shape index (κ3) is 74.3. The summed E-state index contributed by atoms with van der Waals surface area (Å²) >= 11 is 0. The average molecular weight is 1470 g/mol. The lowest BCUT2D eigenvalue weighted by Gasteiger charge is -2.21. The Labute approximate surface area is 613 Å². The van der Waals surface area contributed by atoms with Crippen LogP contribution in [0.4, 0.5) is 0 Å². The standard InChI is InChI=1S/C81H158O17P2/c1-8-9-10-11-12-13-14-15-21-28-35-43-50-57-64-80(85)98-77(69-92-79(84)63-56-49-42-37-30-33-40-47-54-61-74(6)7)71-96-100(89,90)94-67-75(82)66-93-99(87,88)95-70-76(68-91-78(83)62-55-48-41-34-27-24-23-26-32-39-46-53-60-73(4)5)97-81(86)65-58-51-44-36-29-22-19-17-16-18-20-25-31-38-45-52-59-72(2)3/h72-77,82H,8-71H2,1-7H3,(H,87,88)(H,89,90)/t75-,76-,77-/m1/s1. The van der Waals surface area contributed by atoms with Gasteiger partial charge in [-0.1, -0.05) is 370 Å². The Hall–Kier alpha value is -1.94. The van der Waals surface area contributed by atoms with Crippen molar-refractivity contribution in [2.24, 2.45) is 17.8 Å². The second-order valence-electron chi connectivity index (χ2n) is 30.6. The fourth-order valence-electron chi connectivity index (χ4n) is 12.5. The fourth-order valence-corrected chi connectivity index (χ4v) is 14.1. The van der Waals surface area contributed by atoms with Crippen LogP contribution in [0.25, 0.3) is 0 Å². The van der Waals surface area contributed by atoms with Gasteiger partial charge in [-0.2, -0.15) is 0 Å². The molecule has 0 aromatic carbocycles. The summed E-state index contributed by atoms with van der Waals surface area (Å²) in [5, 5.41) is 10.6. The van der Waals surface area contributed by atoms with E-state index in [1.807, 2.05) is 0 Å². The molecule has 5 atom stereocenters. The molecule has 0 fully saturated rings. The molecule has 100 heavy (non-hydrogen) atoms. The van der Waals surface area contributed by atoms with Crippen LogP contribution >= 0.6 is 15.6 Å². The predicted octanol–water partition coefficient (Wildman–Crippen LogP) is 24.1. The molecule has 0 saturated carbocycles. The van der Waals surface area contributed by atoms with Crippen LogP contribution in [-0.4, -0.2) is 96.7 Å². The molecule has 0 aliphatic carbocycles. The molecule has 0 heterocycles. The number of unbranched alkanes of at least 4 members (excludes halogenated alkanes) is 47. The number of hydrogen-bond acceptors (Lipinski definition) is 15. The molecule has 0 rings (SSSR count). The Bertz CT molecular complexity index is 1940. The zero-order valence-corrected chi connectivity index (χ0v) is 67.5. The topological polar surface area (TPSA) is 237 Å². The van der Waals surface area contributed by atoms with E-state index >= 15 is 0 Å². The Kier molecular flexibility index (Phi) is 69.9. The van der Waals surface area contributed by atoms with E-state index < -0.39 is 97.5 Å². The van der Waals surface area contributed by atoms with E-state index in [1.165, 1.54) is 231 Å². The normalized spacial score (nSPS) is 14.0. The van der Waals surface area contributed by atoms with Gasteiger partial charge in [-0.05, 0) is 43.4 Å².